The monoisotopic (exact) mass is 505 g/mol. The zero-order valence-electron chi connectivity index (χ0n) is 21.3. The summed E-state index contributed by atoms with van der Waals surface area (Å²) in [5.74, 6) is -0.339. The number of hydrogen-bond acceptors (Lipinski definition) is 3. The Bertz CT molecular complexity index is 1720. The van der Waals surface area contributed by atoms with Crippen LogP contribution in [0.5, 0.6) is 0 Å². The molecule has 0 saturated heterocycles. The third kappa shape index (κ3) is 4.91. The van der Waals surface area contributed by atoms with Gasteiger partial charge in [-0.15, -0.1) is 0 Å². The van der Waals surface area contributed by atoms with E-state index in [1.54, 1.807) is 18.3 Å². The van der Waals surface area contributed by atoms with Gasteiger partial charge in [-0.3, -0.25) is 14.9 Å². The Labute approximate surface area is 220 Å². The zero-order chi connectivity index (χ0) is 26.6. The molecule has 0 bridgehead atoms. The van der Waals surface area contributed by atoms with Gasteiger partial charge >= 0.3 is 0 Å². The number of benzene rings is 2. The molecule has 0 unspecified atom stereocenters. The minimum atomic E-state index is -0.304. The van der Waals surface area contributed by atoms with Crippen molar-refractivity contribution in [1.82, 2.24) is 25.5 Å². The summed E-state index contributed by atoms with van der Waals surface area (Å²) in [4.78, 5) is 20.1. The number of allylic oxidation sites excluding steroid dienone is 4. The second-order valence-corrected chi connectivity index (χ2v) is 8.99. The average molecular weight is 506 g/mol. The molecule has 1 amide bonds. The number of aromatic nitrogens is 4. The predicted molar refractivity (Wildman–Crippen MR) is 152 cm³/mol. The van der Waals surface area contributed by atoms with E-state index in [2.05, 4.69) is 38.1 Å². The molecule has 190 valence electrons. The summed E-state index contributed by atoms with van der Waals surface area (Å²) >= 11 is 0. The third-order valence-corrected chi connectivity index (χ3v) is 6.40. The highest BCUT2D eigenvalue weighted by Gasteiger charge is 2.15. The fraction of sp³-hybridized carbons (Fsp3) is 0.129. The molecular formula is C31H28FN5O. The van der Waals surface area contributed by atoms with Crippen molar-refractivity contribution in [3.63, 3.8) is 0 Å². The molecule has 2 aromatic carbocycles. The number of H-pyrrole nitrogens is 2. The maximum atomic E-state index is 13.9. The molecule has 0 spiro atoms. The van der Waals surface area contributed by atoms with Crippen LogP contribution in [0.25, 0.3) is 50.0 Å². The summed E-state index contributed by atoms with van der Waals surface area (Å²) in [5, 5.41) is 12.5. The number of carbonyl (C=O) groups is 1. The molecule has 0 aliphatic rings. The Balaban J connectivity index is 1.55. The zero-order valence-corrected chi connectivity index (χ0v) is 21.3. The fourth-order valence-corrected chi connectivity index (χ4v) is 4.54. The molecular weight excluding hydrogens is 477 g/mol. The van der Waals surface area contributed by atoms with Gasteiger partial charge in [-0.25, -0.2) is 4.39 Å². The number of aromatic amines is 2. The highest BCUT2D eigenvalue weighted by Crippen LogP contribution is 2.34. The molecule has 6 nitrogen and oxygen atoms in total. The van der Waals surface area contributed by atoms with Crippen LogP contribution < -0.4 is 5.32 Å². The second kappa shape index (κ2) is 10.7. The van der Waals surface area contributed by atoms with Gasteiger partial charge in [0.2, 0.25) is 5.91 Å². The maximum absolute atomic E-state index is 13.9. The largest absolute Gasteiger partial charge is 0.353 e. The van der Waals surface area contributed by atoms with Crippen LogP contribution in [0.3, 0.4) is 0 Å². The Morgan fingerprint density at radius 2 is 1.92 bits per heavy atom. The van der Waals surface area contributed by atoms with Gasteiger partial charge in [0.25, 0.3) is 0 Å². The SMILES string of the molecule is C=C/C(=C\C(=C/C)c1ccc2[nH]nc(-c3cc4c(-c5cccc(F)c5)nccc4[nH]3)c2c1)NC(=O)CCC. The number of nitrogens with zero attached hydrogens (tertiary/aromatic N) is 2. The molecule has 7 heteroatoms. The van der Waals surface area contributed by atoms with E-state index in [0.29, 0.717) is 23.4 Å². The highest BCUT2D eigenvalue weighted by atomic mass is 19.1. The molecule has 0 atom stereocenters. The highest BCUT2D eigenvalue weighted by molar-refractivity contribution is 6.00. The average Bonchev–Trinajstić information content (AvgIpc) is 3.54. The van der Waals surface area contributed by atoms with Crippen molar-refractivity contribution >= 4 is 33.3 Å². The van der Waals surface area contributed by atoms with E-state index in [-0.39, 0.29) is 11.7 Å². The molecule has 3 aromatic heterocycles. The summed E-state index contributed by atoms with van der Waals surface area (Å²) in [6, 6.07) is 16.4. The molecule has 3 heterocycles. The lowest BCUT2D eigenvalue weighted by Crippen LogP contribution is -2.21. The first-order chi connectivity index (χ1) is 18.5. The van der Waals surface area contributed by atoms with Crippen LogP contribution in [0, 0.1) is 5.82 Å². The van der Waals surface area contributed by atoms with Crippen molar-refractivity contribution in [3.05, 3.63) is 103 Å². The Kier molecular flexibility index (Phi) is 7.00. The van der Waals surface area contributed by atoms with Gasteiger partial charge in [0, 0.05) is 40.2 Å². The van der Waals surface area contributed by atoms with E-state index in [9.17, 15) is 9.18 Å². The van der Waals surface area contributed by atoms with Gasteiger partial charge in [-0.2, -0.15) is 5.10 Å². The topological polar surface area (TPSA) is 86.5 Å². The minimum absolute atomic E-state index is 0.0346. The maximum Gasteiger partial charge on any atom is 0.224 e. The molecule has 5 rings (SSSR count). The first kappa shape index (κ1) is 24.9. The lowest BCUT2D eigenvalue weighted by atomic mass is 10.0. The first-order valence-electron chi connectivity index (χ1n) is 12.5. The Hall–Kier alpha value is -4.78. The summed E-state index contributed by atoms with van der Waals surface area (Å²) in [7, 11) is 0. The molecule has 0 saturated carbocycles. The number of hydrogen-bond donors (Lipinski definition) is 3. The number of carbonyl (C=O) groups excluding carboxylic acids is 1. The van der Waals surface area contributed by atoms with Gasteiger partial charge in [0.15, 0.2) is 0 Å². The molecule has 0 radical (unpaired) electrons. The van der Waals surface area contributed by atoms with Crippen LogP contribution in [0.15, 0.2) is 91.3 Å². The summed E-state index contributed by atoms with van der Waals surface area (Å²) < 4.78 is 13.9. The summed E-state index contributed by atoms with van der Waals surface area (Å²) in [6.45, 7) is 7.78. The van der Waals surface area contributed by atoms with Crippen LogP contribution in [0.4, 0.5) is 4.39 Å². The van der Waals surface area contributed by atoms with Crippen molar-refractivity contribution in [2.75, 3.05) is 0 Å². The minimum Gasteiger partial charge on any atom is -0.353 e. The van der Waals surface area contributed by atoms with E-state index in [4.69, 9.17) is 0 Å². The number of fused-ring (bicyclic) bond motifs is 2. The van der Waals surface area contributed by atoms with Gasteiger partial charge < -0.3 is 10.3 Å². The van der Waals surface area contributed by atoms with Gasteiger partial charge in [-0.1, -0.05) is 37.8 Å². The number of rotatable bonds is 8. The van der Waals surface area contributed by atoms with Crippen molar-refractivity contribution in [1.29, 1.82) is 0 Å². The van der Waals surface area contributed by atoms with Crippen LogP contribution in [0.1, 0.15) is 32.3 Å². The normalized spacial score (nSPS) is 12.3. The lowest BCUT2D eigenvalue weighted by molar-refractivity contribution is -0.120. The fourth-order valence-electron chi connectivity index (χ4n) is 4.54. The summed E-state index contributed by atoms with van der Waals surface area (Å²) in [5.41, 5.74) is 7.36. The van der Waals surface area contributed by atoms with E-state index in [1.165, 1.54) is 12.1 Å². The molecule has 3 N–H and O–H groups in total. The van der Waals surface area contributed by atoms with Crippen molar-refractivity contribution in [3.8, 4) is 22.6 Å². The van der Waals surface area contributed by atoms with Crippen LogP contribution >= 0.6 is 0 Å². The molecule has 0 aliphatic carbocycles. The third-order valence-electron chi connectivity index (χ3n) is 6.40. The van der Waals surface area contributed by atoms with Crippen LogP contribution in [-0.4, -0.2) is 26.1 Å². The molecule has 0 fully saturated rings. The molecule has 5 aromatic rings. The van der Waals surface area contributed by atoms with E-state index < -0.39 is 0 Å². The number of halogens is 1. The smallest absolute Gasteiger partial charge is 0.224 e. The van der Waals surface area contributed by atoms with Crippen LogP contribution in [-0.2, 0) is 4.79 Å². The van der Waals surface area contributed by atoms with E-state index in [1.807, 2.05) is 56.3 Å². The first-order valence-corrected chi connectivity index (χ1v) is 12.5. The standard InChI is InChI=1S/C31H28FN5O/c1-4-8-29(38)34-23(6-3)16-19(5-2)20-11-12-27-24(17-20)31(37-36-27)28-18-25-26(35-28)13-14-33-30(25)21-9-7-10-22(32)15-21/h5-7,9-18,35H,3-4,8H2,1-2H3,(H,34,38)(H,36,37)/b19-5+,23-16+. The quantitative estimate of drug-likeness (QED) is 0.193. The van der Waals surface area contributed by atoms with Gasteiger partial charge in [0.1, 0.15) is 11.5 Å². The number of pyridine rings is 1. The second-order valence-electron chi connectivity index (χ2n) is 8.99. The van der Waals surface area contributed by atoms with Crippen molar-refractivity contribution in [2.45, 2.75) is 26.7 Å². The van der Waals surface area contributed by atoms with Crippen LogP contribution in [0.2, 0.25) is 0 Å². The Morgan fingerprint density at radius 1 is 1.08 bits per heavy atom. The summed E-state index contributed by atoms with van der Waals surface area (Å²) in [6.07, 6.45) is 8.51. The van der Waals surface area contributed by atoms with E-state index >= 15 is 0 Å². The van der Waals surface area contributed by atoms with Gasteiger partial charge in [-0.05, 0) is 73.0 Å². The van der Waals surface area contributed by atoms with Crippen molar-refractivity contribution in [2.24, 2.45) is 0 Å². The van der Waals surface area contributed by atoms with Gasteiger partial charge in [0.05, 0.1) is 16.9 Å². The molecule has 0 aliphatic heterocycles. The Morgan fingerprint density at radius 3 is 2.68 bits per heavy atom. The van der Waals surface area contributed by atoms with Crippen molar-refractivity contribution < 1.29 is 9.18 Å². The number of nitrogens with one attached hydrogen (secondary N) is 3. The predicted octanol–water partition coefficient (Wildman–Crippen LogP) is 7.30. The van der Waals surface area contributed by atoms with E-state index in [0.717, 1.165) is 50.8 Å². The lowest BCUT2D eigenvalue weighted by Gasteiger charge is -2.08. The number of amides is 1. The molecule has 38 heavy (non-hydrogen) atoms.